The van der Waals surface area contributed by atoms with Crippen LogP contribution in [0.25, 0.3) is 0 Å². The van der Waals surface area contributed by atoms with E-state index in [1.807, 2.05) is 34.6 Å². The highest BCUT2D eigenvalue weighted by molar-refractivity contribution is 5.97. The van der Waals surface area contributed by atoms with Gasteiger partial charge >= 0.3 is 0 Å². The number of methoxy groups -OCH3 is 1. The molecular weight excluding hydrogens is 256 g/mol. The highest BCUT2D eigenvalue weighted by Crippen LogP contribution is 2.27. The first kappa shape index (κ1) is 17.0. The monoisotopic (exact) mass is 284 g/mol. The van der Waals surface area contributed by atoms with Crippen LogP contribution in [0.2, 0.25) is 0 Å². The summed E-state index contributed by atoms with van der Waals surface area (Å²) in [4.78, 5) is 26.9. The fourth-order valence-corrected chi connectivity index (χ4v) is 2.71. The number of piperazine rings is 1. The smallest absolute Gasteiger partial charge is 0.246 e. The molecule has 0 aromatic heterocycles. The Morgan fingerprint density at radius 2 is 1.95 bits per heavy atom. The Balaban J connectivity index is 3.07. The molecule has 20 heavy (non-hydrogen) atoms. The zero-order valence-corrected chi connectivity index (χ0v) is 13.5. The van der Waals surface area contributed by atoms with Gasteiger partial charge in [0.2, 0.25) is 11.8 Å². The van der Waals surface area contributed by atoms with Gasteiger partial charge in [0.1, 0.15) is 12.1 Å². The van der Waals surface area contributed by atoms with Crippen molar-refractivity contribution in [3.05, 3.63) is 0 Å². The van der Waals surface area contributed by atoms with Crippen molar-refractivity contribution in [2.45, 2.75) is 65.6 Å². The minimum Gasteiger partial charge on any atom is -0.383 e. The Bertz CT molecular complexity index is 363. The molecule has 0 aromatic carbocycles. The SMILES string of the molecule is CCCC1C(=O)NC(C(C)(C)C)C(=O)N1C(C)COC. The van der Waals surface area contributed by atoms with E-state index in [4.69, 9.17) is 4.74 Å². The van der Waals surface area contributed by atoms with Crippen molar-refractivity contribution in [2.75, 3.05) is 13.7 Å². The molecule has 0 bridgehead atoms. The number of rotatable bonds is 5. The van der Waals surface area contributed by atoms with Crippen LogP contribution in [-0.4, -0.2) is 48.6 Å². The Morgan fingerprint density at radius 1 is 1.35 bits per heavy atom. The van der Waals surface area contributed by atoms with E-state index >= 15 is 0 Å². The fraction of sp³-hybridized carbons (Fsp3) is 0.867. The van der Waals surface area contributed by atoms with E-state index in [0.717, 1.165) is 6.42 Å². The van der Waals surface area contributed by atoms with Gasteiger partial charge in [-0.2, -0.15) is 0 Å². The van der Waals surface area contributed by atoms with Gasteiger partial charge in [-0.05, 0) is 18.8 Å². The Morgan fingerprint density at radius 3 is 2.40 bits per heavy atom. The largest absolute Gasteiger partial charge is 0.383 e. The number of carbonyl (C=O) groups is 2. The van der Waals surface area contributed by atoms with E-state index in [0.29, 0.717) is 13.0 Å². The fourth-order valence-electron chi connectivity index (χ4n) is 2.71. The first-order chi connectivity index (χ1) is 9.23. The molecule has 3 unspecified atom stereocenters. The highest BCUT2D eigenvalue weighted by atomic mass is 16.5. The summed E-state index contributed by atoms with van der Waals surface area (Å²) >= 11 is 0. The van der Waals surface area contributed by atoms with E-state index < -0.39 is 6.04 Å². The third-order valence-electron chi connectivity index (χ3n) is 3.74. The van der Waals surface area contributed by atoms with Crippen molar-refractivity contribution in [3.8, 4) is 0 Å². The second-order valence-electron chi connectivity index (χ2n) is 6.66. The average molecular weight is 284 g/mol. The topological polar surface area (TPSA) is 58.6 Å². The Kier molecular flexibility index (Phi) is 5.57. The van der Waals surface area contributed by atoms with E-state index in [-0.39, 0.29) is 29.3 Å². The van der Waals surface area contributed by atoms with E-state index in [1.54, 1.807) is 12.0 Å². The van der Waals surface area contributed by atoms with Gasteiger partial charge in [0.25, 0.3) is 0 Å². The van der Waals surface area contributed by atoms with Crippen molar-refractivity contribution in [3.63, 3.8) is 0 Å². The van der Waals surface area contributed by atoms with Crippen LogP contribution >= 0.6 is 0 Å². The Labute approximate surface area is 122 Å². The summed E-state index contributed by atoms with van der Waals surface area (Å²) in [7, 11) is 1.61. The molecule has 0 aliphatic carbocycles. The predicted molar refractivity (Wildman–Crippen MR) is 78.3 cm³/mol. The van der Waals surface area contributed by atoms with Gasteiger partial charge in [-0.15, -0.1) is 0 Å². The number of nitrogens with one attached hydrogen (secondary N) is 1. The summed E-state index contributed by atoms with van der Waals surface area (Å²) in [6.45, 7) is 10.3. The van der Waals surface area contributed by atoms with Gasteiger partial charge in [0, 0.05) is 7.11 Å². The molecule has 1 heterocycles. The maximum Gasteiger partial charge on any atom is 0.246 e. The van der Waals surface area contributed by atoms with Crippen LogP contribution in [0.15, 0.2) is 0 Å². The maximum absolute atomic E-state index is 12.8. The van der Waals surface area contributed by atoms with E-state index in [1.165, 1.54) is 0 Å². The summed E-state index contributed by atoms with van der Waals surface area (Å²) in [5, 5.41) is 2.90. The van der Waals surface area contributed by atoms with Gasteiger partial charge < -0.3 is 15.0 Å². The van der Waals surface area contributed by atoms with Crippen LogP contribution in [0.3, 0.4) is 0 Å². The molecule has 5 heteroatoms. The zero-order chi connectivity index (χ0) is 15.5. The van der Waals surface area contributed by atoms with Crippen molar-refractivity contribution in [1.82, 2.24) is 10.2 Å². The molecule has 0 radical (unpaired) electrons. The molecule has 116 valence electrons. The molecule has 0 aromatic rings. The molecule has 1 fully saturated rings. The van der Waals surface area contributed by atoms with E-state index in [2.05, 4.69) is 5.32 Å². The molecule has 2 amide bonds. The van der Waals surface area contributed by atoms with Gasteiger partial charge in [-0.25, -0.2) is 0 Å². The lowest BCUT2D eigenvalue weighted by Crippen LogP contribution is -2.68. The molecule has 1 aliphatic heterocycles. The first-order valence-electron chi connectivity index (χ1n) is 7.35. The van der Waals surface area contributed by atoms with Gasteiger partial charge in [0.15, 0.2) is 0 Å². The van der Waals surface area contributed by atoms with Crippen LogP contribution in [0, 0.1) is 5.41 Å². The summed E-state index contributed by atoms with van der Waals surface area (Å²) in [5.74, 6) is -0.0468. The highest BCUT2D eigenvalue weighted by Gasteiger charge is 2.46. The van der Waals surface area contributed by atoms with Crippen LogP contribution < -0.4 is 5.32 Å². The van der Waals surface area contributed by atoms with Crippen molar-refractivity contribution < 1.29 is 14.3 Å². The standard InChI is InChI=1S/C15H28N2O3/c1-7-8-11-13(18)16-12(15(3,4)5)14(19)17(11)10(2)9-20-6/h10-12H,7-9H2,1-6H3,(H,16,18). The lowest BCUT2D eigenvalue weighted by atomic mass is 9.83. The number of carbonyl (C=O) groups excluding carboxylic acids is 2. The molecule has 1 N–H and O–H groups in total. The van der Waals surface area contributed by atoms with Gasteiger partial charge in [0.05, 0.1) is 12.6 Å². The maximum atomic E-state index is 12.8. The molecule has 1 saturated heterocycles. The van der Waals surface area contributed by atoms with Crippen LogP contribution in [-0.2, 0) is 14.3 Å². The molecule has 0 spiro atoms. The van der Waals surface area contributed by atoms with Crippen LogP contribution in [0.1, 0.15) is 47.5 Å². The molecular formula is C15H28N2O3. The van der Waals surface area contributed by atoms with E-state index in [9.17, 15) is 9.59 Å². The summed E-state index contributed by atoms with van der Waals surface area (Å²) in [5.41, 5.74) is -0.297. The van der Waals surface area contributed by atoms with Crippen molar-refractivity contribution >= 4 is 11.8 Å². The minimum absolute atomic E-state index is 0.0000926. The molecule has 1 aliphatic rings. The first-order valence-corrected chi connectivity index (χ1v) is 7.35. The Hall–Kier alpha value is -1.10. The number of amides is 2. The normalized spacial score (nSPS) is 25.6. The lowest BCUT2D eigenvalue weighted by Gasteiger charge is -2.45. The third-order valence-corrected chi connectivity index (χ3v) is 3.74. The van der Waals surface area contributed by atoms with Crippen LogP contribution in [0.4, 0.5) is 0 Å². The number of hydrogen-bond acceptors (Lipinski definition) is 3. The quantitative estimate of drug-likeness (QED) is 0.833. The molecule has 0 saturated carbocycles. The summed E-state index contributed by atoms with van der Waals surface area (Å²) in [6, 6.07) is -0.946. The number of ether oxygens (including phenoxy) is 1. The van der Waals surface area contributed by atoms with Crippen molar-refractivity contribution in [2.24, 2.45) is 5.41 Å². The molecule has 3 atom stereocenters. The second-order valence-corrected chi connectivity index (χ2v) is 6.66. The lowest BCUT2D eigenvalue weighted by molar-refractivity contribution is -0.156. The minimum atomic E-state index is -0.470. The van der Waals surface area contributed by atoms with Gasteiger partial charge in [-0.3, -0.25) is 9.59 Å². The molecule has 5 nitrogen and oxygen atoms in total. The predicted octanol–water partition coefficient (Wildman–Crippen LogP) is 1.56. The van der Waals surface area contributed by atoms with Crippen LogP contribution in [0.5, 0.6) is 0 Å². The number of nitrogens with zero attached hydrogens (tertiary/aromatic N) is 1. The average Bonchev–Trinajstić information content (AvgIpc) is 2.32. The van der Waals surface area contributed by atoms with Gasteiger partial charge in [-0.1, -0.05) is 34.1 Å². The second kappa shape index (κ2) is 6.57. The summed E-state index contributed by atoms with van der Waals surface area (Å²) in [6.07, 6.45) is 1.55. The summed E-state index contributed by atoms with van der Waals surface area (Å²) < 4.78 is 5.16. The number of hydrogen-bond donors (Lipinski definition) is 1. The molecule has 1 rings (SSSR count). The third kappa shape index (κ3) is 3.51. The van der Waals surface area contributed by atoms with Crippen molar-refractivity contribution in [1.29, 1.82) is 0 Å². The zero-order valence-electron chi connectivity index (χ0n) is 13.5.